The molecule has 9 heterocycles. The third-order valence-electron chi connectivity index (χ3n) is 12.9. The Morgan fingerprint density at radius 3 is 1.46 bits per heavy atom. The first-order valence-electron chi connectivity index (χ1n) is 26.2. The van der Waals surface area contributed by atoms with Gasteiger partial charge in [0.25, 0.3) is 17.7 Å². The molecule has 0 bridgehead atoms. The summed E-state index contributed by atoms with van der Waals surface area (Å²) in [5.41, 5.74) is 11.6. The quantitative estimate of drug-likeness (QED) is 0.0310. The lowest BCUT2D eigenvalue weighted by Crippen LogP contribution is -2.17. The predicted octanol–water partition coefficient (Wildman–Crippen LogP) is 10.8. The van der Waals surface area contributed by atoms with Gasteiger partial charge in [-0.25, -0.2) is 28.5 Å². The molecular formula is C56H45F6N19O6S2. The van der Waals surface area contributed by atoms with Gasteiger partial charge in [-0.05, 0) is 111 Å². The third-order valence-corrected chi connectivity index (χ3v) is 14.9. The van der Waals surface area contributed by atoms with Crippen LogP contribution >= 0.6 is 23.5 Å². The fourth-order valence-electron chi connectivity index (χ4n) is 8.82. The average molecular weight is 1260 g/mol. The fraction of sp³-hybridized carbons (Fsp3) is 0.143. The lowest BCUT2D eigenvalue weighted by molar-refractivity contribution is -0.0501. The number of hydrogen-bond donors (Lipinski definition) is 7. The van der Waals surface area contributed by atoms with Crippen molar-refractivity contribution in [1.29, 1.82) is 0 Å². The van der Waals surface area contributed by atoms with E-state index in [2.05, 4.69) is 86.3 Å². The number of alkyl halides is 6. The molecule has 89 heavy (non-hydrogen) atoms. The van der Waals surface area contributed by atoms with Gasteiger partial charge in [0.1, 0.15) is 17.2 Å². The lowest BCUT2D eigenvalue weighted by atomic mass is 10.1. The standard InChI is InChI=1S/C20H16F2N6O2S.C18H15F2N7O2.C18H14F2N6O2S/c21-20(22)30-16-6-5-12(31-11-3-4-11)8-13(16)18-14(9-24-27-18)26-19(29)15-10-23-17-2-1-7-25-28(15)17;1-9-4-5-12(29-18(19)20)10(7-9)14-11(8-22-26-14)24-17(28)15-16(21)25-13-3-2-6-23-27(13)15;1-29-10-4-5-14(28-18(19)20)11(7-10)16-12(8-22-25-16)24-17(27)13-9-21-15-3-2-6-23-26(13)15/h1-2,5-11,20H,3-4H2,(H,24,27)(H,26,29);2-8,18H,21H2,1H3,(H,22,26)(H,24,28);2-9,18H,1H3,(H,22,25)(H,24,27). The van der Waals surface area contributed by atoms with Crippen LogP contribution in [0.15, 0.2) is 150 Å². The maximum atomic E-state index is 13.0. The first kappa shape index (κ1) is 59.8. The van der Waals surface area contributed by atoms with Gasteiger partial charge in [0.2, 0.25) is 0 Å². The zero-order valence-electron chi connectivity index (χ0n) is 46.0. The molecule has 0 aliphatic heterocycles. The molecule has 0 unspecified atom stereocenters. The summed E-state index contributed by atoms with van der Waals surface area (Å²) in [6.07, 6.45) is 15.7. The number of amides is 3. The normalized spacial score (nSPS) is 12.0. The highest BCUT2D eigenvalue weighted by Gasteiger charge is 2.27. The number of carbonyl (C=O) groups excluding carboxylic acids is 3. The van der Waals surface area contributed by atoms with Crippen molar-refractivity contribution in [3.8, 4) is 51.0 Å². The minimum Gasteiger partial charge on any atom is -0.434 e. The molecule has 1 fully saturated rings. The van der Waals surface area contributed by atoms with E-state index < -0.39 is 37.6 Å². The molecule has 1 saturated carbocycles. The van der Waals surface area contributed by atoms with Crippen molar-refractivity contribution in [2.45, 2.75) is 54.6 Å². The topological polar surface area (TPSA) is 318 Å². The van der Waals surface area contributed by atoms with Gasteiger partial charge in [0.15, 0.2) is 39.8 Å². The van der Waals surface area contributed by atoms with Crippen molar-refractivity contribution in [3.05, 3.63) is 163 Å². The molecule has 1 aliphatic carbocycles. The molecule has 8 N–H and O–H groups in total. The number of nitrogens with two attached hydrogens (primary N) is 1. The monoisotopic (exact) mass is 1260 g/mol. The number of aryl methyl sites for hydroxylation is 1. The maximum absolute atomic E-state index is 13.0. The smallest absolute Gasteiger partial charge is 0.387 e. The van der Waals surface area contributed by atoms with Crippen molar-refractivity contribution in [1.82, 2.24) is 74.4 Å². The largest absolute Gasteiger partial charge is 0.434 e. The van der Waals surface area contributed by atoms with Crippen molar-refractivity contribution in [2.24, 2.45) is 0 Å². The van der Waals surface area contributed by atoms with Crippen LogP contribution < -0.4 is 35.9 Å². The summed E-state index contributed by atoms with van der Waals surface area (Å²) in [4.78, 5) is 52.6. The SMILES string of the molecule is CSc1ccc(OC(F)F)c(-c2[nH]ncc2NC(=O)c2cnc3cccnn23)c1.Cc1ccc(OC(F)F)c(-c2[nH]ncc2NC(=O)c2c(N)nc3cccnn23)c1.O=C(Nc1cn[nH]c1-c1cc(SC2CC2)ccc1OC(F)F)c1cnc2cccnn12. The van der Waals surface area contributed by atoms with E-state index in [0.29, 0.717) is 67.3 Å². The van der Waals surface area contributed by atoms with Gasteiger partial charge >= 0.3 is 19.8 Å². The number of H-pyrrole nitrogens is 3. The van der Waals surface area contributed by atoms with Crippen molar-refractivity contribution in [2.75, 3.05) is 27.9 Å². The second-order valence-corrected chi connectivity index (χ2v) is 21.1. The number of carbonyl (C=O) groups is 3. The molecule has 9 aromatic heterocycles. The summed E-state index contributed by atoms with van der Waals surface area (Å²) in [6, 6.07) is 24.7. The van der Waals surface area contributed by atoms with Gasteiger partial charge in [0, 0.05) is 50.3 Å². The van der Waals surface area contributed by atoms with E-state index in [4.69, 9.17) is 10.5 Å². The highest BCUT2D eigenvalue weighted by molar-refractivity contribution is 8.00. The Balaban J connectivity index is 0.000000138. The summed E-state index contributed by atoms with van der Waals surface area (Å²) in [7, 11) is 0. The van der Waals surface area contributed by atoms with Crippen LogP contribution in [0, 0.1) is 6.92 Å². The molecule has 0 spiro atoms. The molecule has 25 nitrogen and oxygen atoms in total. The summed E-state index contributed by atoms with van der Waals surface area (Å²) in [6.45, 7) is -7.17. The number of nitrogens with zero attached hydrogens (tertiary/aromatic N) is 12. The van der Waals surface area contributed by atoms with E-state index in [1.807, 2.05) is 6.26 Å². The predicted molar refractivity (Wildman–Crippen MR) is 315 cm³/mol. The van der Waals surface area contributed by atoms with Crippen LogP contribution in [0.3, 0.4) is 0 Å². The number of benzene rings is 3. The van der Waals surface area contributed by atoms with Crippen LogP contribution in [-0.2, 0) is 0 Å². The number of fused-ring (bicyclic) bond motifs is 3. The van der Waals surface area contributed by atoms with Crippen LogP contribution in [0.4, 0.5) is 49.2 Å². The Morgan fingerprint density at radius 2 is 0.989 bits per heavy atom. The minimum atomic E-state index is -3.00. The second-order valence-electron chi connectivity index (χ2n) is 18.8. The average Bonchev–Trinajstić information content (AvgIpc) is 4.01. The Kier molecular flexibility index (Phi) is 17.7. The van der Waals surface area contributed by atoms with E-state index in [0.717, 1.165) is 28.2 Å². The lowest BCUT2D eigenvalue weighted by Gasteiger charge is -2.13. The van der Waals surface area contributed by atoms with Crippen molar-refractivity contribution in [3.63, 3.8) is 0 Å². The van der Waals surface area contributed by atoms with E-state index in [9.17, 15) is 40.7 Å². The number of nitrogens with one attached hydrogen (secondary N) is 6. The maximum Gasteiger partial charge on any atom is 0.387 e. The Hall–Kier alpha value is -11.0. The van der Waals surface area contributed by atoms with E-state index >= 15 is 0 Å². The highest BCUT2D eigenvalue weighted by Crippen LogP contribution is 2.44. The highest BCUT2D eigenvalue weighted by atomic mass is 32.2. The second kappa shape index (κ2) is 26.3. The van der Waals surface area contributed by atoms with Gasteiger partial charge in [-0.2, -0.15) is 56.9 Å². The zero-order chi connectivity index (χ0) is 62.3. The number of rotatable bonds is 18. The number of aromatic nitrogens is 15. The number of ether oxygens (including phenoxy) is 3. The number of anilines is 4. The van der Waals surface area contributed by atoms with Crippen LogP contribution in [-0.4, -0.2) is 123 Å². The molecule has 33 heteroatoms. The number of hydrogen-bond acceptors (Lipinski definition) is 18. The van der Waals surface area contributed by atoms with Crippen LogP contribution in [0.5, 0.6) is 17.2 Å². The van der Waals surface area contributed by atoms with Crippen LogP contribution in [0.1, 0.15) is 49.9 Å². The minimum absolute atomic E-state index is 0.00326. The molecule has 0 atom stereocenters. The van der Waals surface area contributed by atoms with Crippen LogP contribution in [0.25, 0.3) is 50.7 Å². The van der Waals surface area contributed by atoms with Crippen molar-refractivity contribution >= 4 is 81.1 Å². The molecule has 12 aromatic rings. The first-order valence-corrected chi connectivity index (χ1v) is 28.3. The van der Waals surface area contributed by atoms with Crippen molar-refractivity contribution < 1.29 is 54.9 Å². The first-order chi connectivity index (χ1) is 43.1. The molecular weight excluding hydrogens is 1210 g/mol. The van der Waals surface area contributed by atoms with Gasteiger partial charge in [-0.1, -0.05) is 11.6 Å². The summed E-state index contributed by atoms with van der Waals surface area (Å²) in [5, 5.41) is 41.1. The molecule has 13 rings (SSSR count). The molecule has 3 amide bonds. The number of nitrogen functional groups attached to an aromatic ring is 1. The van der Waals surface area contributed by atoms with E-state index in [1.165, 1.54) is 86.9 Å². The third kappa shape index (κ3) is 13.7. The summed E-state index contributed by atoms with van der Waals surface area (Å²) < 4.78 is 95.2. The Labute approximate surface area is 505 Å². The van der Waals surface area contributed by atoms with Gasteiger partial charge in [-0.15, -0.1) is 23.5 Å². The molecule has 0 radical (unpaired) electrons. The number of thioether (sulfide) groups is 2. The molecule has 454 valence electrons. The Bertz CT molecular complexity index is 4530. The fourth-order valence-corrected chi connectivity index (χ4v) is 10.4. The van der Waals surface area contributed by atoms with Crippen LogP contribution in [0.2, 0.25) is 0 Å². The molecule has 0 saturated heterocycles. The molecule has 1 aliphatic rings. The van der Waals surface area contributed by atoms with Gasteiger partial charge < -0.3 is 35.9 Å². The van der Waals surface area contributed by atoms with Gasteiger partial charge in [0.05, 0.1) is 65.1 Å². The number of halogens is 6. The Morgan fingerprint density at radius 1 is 0.562 bits per heavy atom. The van der Waals surface area contributed by atoms with E-state index in [-0.39, 0.29) is 45.8 Å². The molecule has 3 aromatic carbocycles. The zero-order valence-corrected chi connectivity index (χ0v) is 47.6. The van der Waals surface area contributed by atoms with Gasteiger partial charge in [-0.3, -0.25) is 29.7 Å². The summed E-state index contributed by atoms with van der Waals surface area (Å²) >= 11 is 3.13. The number of imidazole rings is 3. The van der Waals surface area contributed by atoms with E-state index in [1.54, 1.807) is 97.7 Å². The summed E-state index contributed by atoms with van der Waals surface area (Å²) in [5.74, 6) is -1.62. The number of aromatic amines is 3.